The van der Waals surface area contributed by atoms with Crippen molar-refractivity contribution in [2.75, 3.05) is 6.79 Å². The van der Waals surface area contributed by atoms with Gasteiger partial charge in [-0.15, -0.1) is 0 Å². The third-order valence-electron chi connectivity index (χ3n) is 6.10. The van der Waals surface area contributed by atoms with E-state index in [2.05, 4.69) is 77.5 Å². The van der Waals surface area contributed by atoms with Gasteiger partial charge in [0.05, 0.1) is 22.2 Å². The lowest BCUT2D eigenvalue weighted by atomic mass is 10.0. The van der Waals surface area contributed by atoms with Crippen LogP contribution in [0.1, 0.15) is 5.56 Å². The van der Waals surface area contributed by atoms with E-state index in [4.69, 9.17) is 14.5 Å². The SMILES string of the molecule is c1ccc(C[n+]2ccc3c4c(nc5cc6c(cc53)OCO6)-c3ccccc3-c42)cc1. The topological polar surface area (TPSA) is 35.2 Å². The average molecular weight is 389 g/mol. The zero-order valence-electron chi connectivity index (χ0n) is 16.1. The minimum atomic E-state index is 0.265. The van der Waals surface area contributed by atoms with Crippen molar-refractivity contribution in [3.05, 3.63) is 84.6 Å². The quantitative estimate of drug-likeness (QED) is 0.305. The van der Waals surface area contributed by atoms with Gasteiger partial charge in [0.25, 0.3) is 0 Å². The summed E-state index contributed by atoms with van der Waals surface area (Å²) < 4.78 is 13.6. The third-order valence-corrected chi connectivity index (χ3v) is 6.10. The molecule has 7 rings (SSSR count). The highest BCUT2D eigenvalue weighted by atomic mass is 16.7. The molecule has 3 aromatic carbocycles. The number of fused-ring (bicyclic) bond motifs is 6. The number of aromatic nitrogens is 2. The second-order valence-electron chi connectivity index (χ2n) is 7.80. The van der Waals surface area contributed by atoms with Crippen molar-refractivity contribution in [2.24, 2.45) is 0 Å². The first-order chi connectivity index (χ1) is 14.9. The zero-order valence-corrected chi connectivity index (χ0v) is 16.1. The van der Waals surface area contributed by atoms with Gasteiger partial charge in [-0.1, -0.05) is 48.5 Å². The Morgan fingerprint density at radius 1 is 0.800 bits per heavy atom. The fraction of sp³-hybridized carbons (Fsp3) is 0.0769. The van der Waals surface area contributed by atoms with Gasteiger partial charge in [0.1, 0.15) is 0 Å². The number of ether oxygens (including phenoxy) is 2. The van der Waals surface area contributed by atoms with Crippen LogP contribution < -0.4 is 14.0 Å². The first-order valence-corrected chi connectivity index (χ1v) is 10.1. The summed E-state index contributed by atoms with van der Waals surface area (Å²) in [6, 6.07) is 25.4. The van der Waals surface area contributed by atoms with Crippen LogP contribution in [0, 0.1) is 0 Å². The van der Waals surface area contributed by atoms with Gasteiger partial charge in [-0.3, -0.25) is 0 Å². The fourth-order valence-corrected chi connectivity index (χ4v) is 4.77. The molecule has 4 heteroatoms. The second-order valence-corrected chi connectivity index (χ2v) is 7.80. The molecule has 142 valence electrons. The second kappa shape index (κ2) is 5.80. The summed E-state index contributed by atoms with van der Waals surface area (Å²) in [5.41, 5.74) is 6.91. The smallest absolute Gasteiger partial charge is 0.231 e. The Kier molecular flexibility index (Phi) is 3.08. The molecule has 0 spiro atoms. The Bertz CT molecular complexity index is 1490. The predicted molar refractivity (Wildman–Crippen MR) is 116 cm³/mol. The van der Waals surface area contributed by atoms with E-state index in [0.29, 0.717) is 0 Å². The van der Waals surface area contributed by atoms with E-state index in [-0.39, 0.29) is 6.79 Å². The molecule has 0 atom stereocenters. The van der Waals surface area contributed by atoms with Crippen molar-refractivity contribution in [1.82, 2.24) is 4.98 Å². The first-order valence-electron chi connectivity index (χ1n) is 10.1. The summed E-state index contributed by atoms with van der Waals surface area (Å²) in [7, 11) is 0. The normalized spacial score (nSPS) is 13.2. The molecule has 0 unspecified atom stereocenters. The lowest BCUT2D eigenvalue weighted by Gasteiger charge is -2.08. The maximum atomic E-state index is 5.64. The van der Waals surface area contributed by atoms with Crippen molar-refractivity contribution in [1.29, 1.82) is 0 Å². The molecule has 0 bridgehead atoms. The monoisotopic (exact) mass is 389 g/mol. The van der Waals surface area contributed by atoms with Crippen molar-refractivity contribution in [3.8, 4) is 34.0 Å². The maximum Gasteiger partial charge on any atom is 0.231 e. The third kappa shape index (κ3) is 2.10. The van der Waals surface area contributed by atoms with Crippen molar-refractivity contribution >= 4 is 21.7 Å². The predicted octanol–water partition coefficient (Wildman–Crippen LogP) is 5.10. The lowest BCUT2D eigenvalue weighted by Crippen LogP contribution is -2.36. The Morgan fingerprint density at radius 2 is 1.57 bits per heavy atom. The number of benzene rings is 3. The Labute approximate surface area is 173 Å². The molecule has 3 heterocycles. The largest absolute Gasteiger partial charge is 0.454 e. The van der Waals surface area contributed by atoms with Crippen LogP contribution in [-0.2, 0) is 6.54 Å². The van der Waals surface area contributed by atoms with Crippen molar-refractivity contribution in [3.63, 3.8) is 0 Å². The molecule has 0 saturated carbocycles. The van der Waals surface area contributed by atoms with Gasteiger partial charge in [-0.05, 0) is 12.1 Å². The van der Waals surface area contributed by atoms with Gasteiger partial charge in [0.2, 0.25) is 12.5 Å². The van der Waals surface area contributed by atoms with Gasteiger partial charge in [-0.2, -0.15) is 4.57 Å². The van der Waals surface area contributed by atoms with Crippen LogP contribution >= 0.6 is 0 Å². The van der Waals surface area contributed by atoms with E-state index in [1.54, 1.807) is 0 Å². The summed E-state index contributed by atoms with van der Waals surface area (Å²) in [5, 5.41) is 3.50. The average Bonchev–Trinajstić information content (AvgIpc) is 3.38. The standard InChI is InChI=1S/C26H17N2O2/c1-2-6-16(7-3-1)14-28-11-10-17-20-12-22-23(30-15-29-22)13-21(20)27-25-18-8-4-5-9-19(18)26(28)24(17)25/h1-13H,14-15H2/q+1. The van der Waals surface area contributed by atoms with Crippen LogP contribution in [0.25, 0.3) is 44.2 Å². The van der Waals surface area contributed by atoms with Crippen LogP contribution in [0.3, 0.4) is 0 Å². The van der Waals surface area contributed by atoms with Crippen LogP contribution in [0.4, 0.5) is 0 Å². The number of rotatable bonds is 2. The molecule has 0 N–H and O–H groups in total. The van der Waals surface area contributed by atoms with Gasteiger partial charge in [-0.25, -0.2) is 4.98 Å². The Morgan fingerprint density at radius 3 is 2.43 bits per heavy atom. The molecule has 0 fully saturated rings. The van der Waals surface area contributed by atoms with Crippen LogP contribution in [-0.4, -0.2) is 11.8 Å². The molecule has 2 aromatic heterocycles. The van der Waals surface area contributed by atoms with Crippen LogP contribution in [0.2, 0.25) is 0 Å². The molecule has 0 amide bonds. The lowest BCUT2D eigenvalue weighted by molar-refractivity contribution is -0.676. The highest BCUT2D eigenvalue weighted by Gasteiger charge is 2.32. The van der Waals surface area contributed by atoms with E-state index in [1.165, 1.54) is 33.2 Å². The van der Waals surface area contributed by atoms with Gasteiger partial charge < -0.3 is 9.47 Å². The van der Waals surface area contributed by atoms with E-state index in [1.807, 2.05) is 6.07 Å². The Hall–Kier alpha value is -3.92. The van der Waals surface area contributed by atoms with Crippen molar-refractivity contribution < 1.29 is 14.0 Å². The summed E-state index contributed by atoms with van der Waals surface area (Å²) >= 11 is 0. The Balaban J connectivity index is 1.58. The molecule has 5 aromatic rings. The first kappa shape index (κ1) is 15.9. The summed E-state index contributed by atoms with van der Waals surface area (Å²) in [5.74, 6) is 1.56. The summed E-state index contributed by atoms with van der Waals surface area (Å²) in [4.78, 5) is 5.09. The molecule has 1 aliphatic carbocycles. The van der Waals surface area contributed by atoms with E-state index < -0.39 is 0 Å². The number of hydrogen-bond donors (Lipinski definition) is 0. The summed E-state index contributed by atoms with van der Waals surface area (Å²) in [6.07, 6.45) is 2.20. The van der Waals surface area contributed by atoms with Gasteiger partial charge >= 0.3 is 0 Å². The summed E-state index contributed by atoms with van der Waals surface area (Å²) in [6.45, 7) is 1.08. The number of hydrogen-bond acceptors (Lipinski definition) is 3. The van der Waals surface area contributed by atoms with E-state index in [0.717, 1.165) is 34.6 Å². The molecule has 0 radical (unpaired) electrons. The molecule has 4 nitrogen and oxygen atoms in total. The van der Waals surface area contributed by atoms with Crippen LogP contribution in [0.5, 0.6) is 11.5 Å². The molecule has 30 heavy (non-hydrogen) atoms. The molecule has 0 saturated heterocycles. The molecular weight excluding hydrogens is 372 g/mol. The fourth-order valence-electron chi connectivity index (χ4n) is 4.77. The maximum absolute atomic E-state index is 5.64. The zero-order chi connectivity index (χ0) is 19.7. The number of nitrogens with zero attached hydrogens (tertiary/aromatic N) is 2. The highest BCUT2D eigenvalue weighted by molar-refractivity contribution is 6.19. The minimum absolute atomic E-state index is 0.265. The van der Waals surface area contributed by atoms with Gasteiger partial charge in [0.15, 0.2) is 24.2 Å². The highest BCUT2D eigenvalue weighted by Crippen LogP contribution is 2.47. The molecule has 1 aliphatic heterocycles. The minimum Gasteiger partial charge on any atom is -0.454 e. The molecular formula is C26H17N2O2+. The van der Waals surface area contributed by atoms with Gasteiger partial charge in [0, 0.05) is 34.0 Å². The number of pyridine rings is 2. The van der Waals surface area contributed by atoms with Crippen LogP contribution in [0.15, 0.2) is 79.0 Å². The van der Waals surface area contributed by atoms with E-state index in [9.17, 15) is 0 Å². The van der Waals surface area contributed by atoms with E-state index >= 15 is 0 Å². The molecule has 2 aliphatic rings. The van der Waals surface area contributed by atoms with Crippen molar-refractivity contribution in [2.45, 2.75) is 6.54 Å².